The predicted octanol–water partition coefficient (Wildman–Crippen LogP) is 2.20. The summed E-state index contributed by atoms with van der Waals surface area (Å²) in [5.74, 6) is -0.523. The zero-order chi connectivity index (χ0) is 12.4. The van der Waals surface area contributed by atoms with Crippen LogP contribution in [0.1, 0.15) is 11.3 Å². The third kappa shape index (κ3) is 2.45. The van der Waals surface area contributed by atoms with E-state index in [0.717, 1.165) is 4.68 Å². The summed E-state index contributed by atoms with van der Waals surface area (Å²) in [6, 6.07) is 5.23. The maximum atomic E-state index is 13.2. The van der Waals surface area contributed by atoms with Gasteiger partial charge in [-0.05, 0) is 23.8 Å². The molecule has 2 rings (SSSR count). The number of carbonyl (C=O) groups excluding carboxylic acids is 1. The molecule has 6 heteroatoms. The van der Waals surface area contributed by atoms with Crippen molar-refractivity contribution < 1.29 is 9.18 Å². The molecule has 0 atom stereocenters. The van der Waals surface area contributed by atoms with Crippen molar-refractivity contribution >= 4 is 17.6 Å². The van der Waals surface area contributed by atoms with E-state index in [-0.39, 0.29) is 5.02 Å². The van der Waals surface area contributed by atoms with E-state index >= 15 is 0 Å². The van der Waals surface area contributed by atoms with Crippen molar-refractivity contribution in [2.75, 3.05) is 0 Å². The Bertz CT molecular complexity index is 568. The molecular weight excluding hydrogens is 245 g/mol. The Morgan fingerprint density at radius 3 is 2.88 bits per heavy atom. The van der Waals surface area contributed by atoms with E-state index in [0.29, 0.717) is 11.3 Å². The lowest BCUT2D eigenvalue weighted by atomic mass is 10.1. The molecule has 0 aliphatic carbocycles. The van der Waals surface area contributed by atoms with E-state index < -0.39 is 11.8 Å². The largest absolute Gasteiger partial charge is 0.350 e. The number of carbonyl (C=O) groups is 1. The Hall–Kier alpha value is -1.88. The molecule has 2 N–H and O–H groups in total. The maximum absolute atomic E-state index is 13.2. The molecule has 1 radical (unpaired) electrons. The Morgan fingerprint density at radius 2 is 2.24 bits per heavy atom. The van der Waals surface area contributed by atoms with Gasteiger partial charge in [0.25, 0.3) is 0 Å². The van der Waals surface area contributed by atoms with Crippen LogP contribution in [0, 0.1) is 12.2 Å². The van der Waals surface area contributed by atoms with Crippen molar-refractivity contribution in [1.82, 2.24) is 9.78 Å². The lowest BCUT2D eigenvalue weighted by Gasteiger charge is -2.03. The SMILES string of the molecule is NC(=O)n1nccc1[CH]c1ccc(Cl)c(F)c1. The molecule has 1 aromatic carbocycles. The monoisotopic (exact) mass is 252 g/mol. The number of benzene rings is 1. The summed E-state index contributed by atoms with van der Waals surface area (Å²) in [4.78, 5) is 11.0. The van der Waals surface area contributed by atoms with Gasteiger partial charge < -0.3 is 5.73 Å². The molecule has 0 aliphatic heterocycles. The molecule has 1 amide bonds. The molecule has 87 valence electrons. The summed E-state index contributed by atoms with van der Waals surface area (Å²) in [7, 11) is 0. The molecular formula is C11H8ClFN3O. The van der Waals surface area contributed by atoms with Gasteiger partial charge in [0.15, 0.2) is 0 Å². The molecule has 0 unspecified atom stereocenters. The minimum absolute atomic E-state index is 0.0468. The maximum Gasteiger partial charge on any atom is 0.339 e. The van der Waals surface area contributed by atoms with Gasteiger partial charge in [0, 0.05) is 12.6 Å². The Labute approximate surface area is 102 Å². The highest BCUT2D eigenvalue weighted by Crippen LogP contribution is 2.18. The first-order valence-electron chi connectivity index (χ1n) is 4.71. The number of rotatable bonds is 2. The fourth-order valence-corrected chi connectivity index (χ4v) is 1.50. The van der Waals surface area contributed by atoms with Gasteiger partial charge in [-0.2, -0.15) is 9.78 Å². The fourth-order valence-electron chi connectivity index (χ4n) is 1.38. The summed E-state index contributed by atoms with van der Waals surface area (Å²) < 4.78 is 14.2. The van der Waals surface area contributed by atoms with Crippen LogP contribution in [-0.2, 0) is 0 Å². The molecule has 0 fully saturated rings. The highest BCUT2D eigenvalue weighted by molar-refractivity contribution is 6.30. The second-order valence-corrected chi connectivity index (χ2v) is 3.73. The number of nitrogens with two attached hydrogens (primary N) is 1. The fraction of sp³-hybridized carbons (Fsp3) is 0. The van der Waals surface area contributed by atoms with Crippen molar-refractivity contribution in [1.29, 1.82) is 0 Å². The van der Waals surface area contributed by atoms with Gasteiger partial charge in [-0.1, -0.05) is 17.7 Å². The van der Waals surface area contributed by atoms with Gasteiger partial charge in [0.05, 0.1) is 10.7 Å². The van der Waals surface area contributed by atoms with Gasteiger partial charge >= 0.3 is 6.03 Å². The minimum atomic E-state index is -0.698. The van der Waals surface area contributed by atoms with Crippen molar-refractivity contribution in [2.45, 2.75) is 0 Å². The van der Waals surface area contributed by atoms with Crippen molar-refractivity contribution in [3.8, 4) is 0 Å². The average molecular weight is 253 g/mol. The summed E-state index contributed by atoms with van der Waals surface area (Å²) in [5.41, 5.74) is 6.15. The first-order chi connectivity index (χ1) is 8.08. The summed E-state index contributed by atoms with van der Waals surface area (Å²) >= 11 is 5.56. The molecule has 0 bridgehead atoms. The third-order valence-corrected chi connectivity index (χ3v) is 2.45. The predicted molar refractivity (Wildman–Crippen MR) is 61.1 cm³/mol. The normalized spacial score (nSPS) is 10.5. The highest BCUT2D eigenvalue weighted by atomic mass is 35.5. The van der Waals surface area contributed by atoms with Crippen molar-refractivity contribution in [3.63, 3.8) is 0 Å². The Balaban J connectivity index is 2.28. The zero-order valence-electron chi connectivity index (χ0n) is 8.60. The van der Waals surface area contributed by atoms with E-state index in [1.54, 1.807) is 18.6 Å². The number of hydrogen-bond donors (Lipinski definition) is 1. The number of amides is 1. The molecule has 2 aromatic rings. The van der Waals surface area contributed by atoms with Gasteiger partial charge in [0.2, 0.25) is 0 Å². The van der Waals surface area contributed by atoms with Crippen molar-refractivity contribution in [3.05, 3.63) is 59.0 Å². The molecule has 0 saturated heterocycles. The van der Waals surface area contributed by atoms with E-state index in [1.165, 1.54) is 18.3 Å². The molecule has 0 aliphatic rings. The van der Waals surface area contributed by atoms with Crippen molar-refractivity contribution in [2.24, 2.45) is 5.73 Å². The number of primary amides is 1. The smallest absolute Gasteiger partial charge is 0.339 e. The van der Waals surface area contributed by atoms with Crippen LogP contribution in [0.4, 0.5) is 9.18 Å². The summed E-state index contributed by atoms with van der Waals surface area (Å²) in [5, 5.41) is 3.79. The van der Waals surface area contributed by atoms with E-state index in [9.17, 15) is 9.18 Å². The Kier molecular flexibility index (Phi) is 3.10. The number of hydrogen-bond acceptors (Lipinski definition) is 2. The van der Waals surface area contributed by atoms with Crippen LogP contribution in [0.3, 0.4) is 0 Å². The number of aromatic nitrogens is 2. The van der Waals surface area contributed by atoms with Crippen LogP contribution < -0.4 is 5.73 Å². The topological polar surface area (TPSA) is 60.9 Å². The van der Waals surface area contributed by atoms with Crippen LogP contribution >= 0.6 is 11.6 Å². The summed E-state index contributed by atoms with van der Waals surface area (Å²) in [6.45, 7) is 0. The standard InChI is InChI=1S/C11H8ClFN3O/c12-9-2-1-7(6-10(9)13)5-8-3-4-15-16(8)11(14)17/h1-6H,(H2,14,17). The van der Waals surface area contributed by atoms with Gasteiger partial charge in [0.1, 0.15) is 5.82 Å². The number of halogens is 2. The van der Waals surface area contributed by atoms with Crippen LogP contribution in [0.25, 0.3) is 0 Å². The third-order valence-electron chi connectivity index (χ3n) is 2.14. The van der Waals surface area contributed by atoms with Crippen LogP contribution in [0.15, 0.2) is 30.5 Å². The van der Waals surface area contributed by atoms with E-state index in [2.05, 4.69) is 5.10 Å². The second-order valence-electron chi connectivity index (χ2n) is 3.32. The average Bonchev–Trinajstić information content (AvgIpc) is 2.72. The molecule has 1 aromatic heterocycles. The minimum Gasteiger partial charge on any atom is -0.350 e. The van der Waals surface area contributed by atoms with Crippen LogP contribution in [-0.4, -0.2) is 15.8 Å². The second kappa shape index (κ2) is 4.55. The van der Waals surface area contributed by atoms with E-state index in [4.69, 9.17) is 17.3 Å². The lowest BCUT2D eigenvalue weighted by Crippen LogP contribution is -2.22. The quantitative estimate of drug-likeness (QED) is 0.891. The first-order valence-corrected chi connectivity index (χ1v) is 5.09. The van der Waals surface area contributed by atoms with Crippen LogP contribution in [0.2, 0.25) is 5.02 Å². The molecule has 17 heavy (non-hydrogen) atoms. The first kappa shape index (κ1) is 11.6. The molecule has 0 saturated carbocycles. The Morgan fingerprint density at radius 1 is 1.47 bits per heavy atom. The highest BCUT2D eigenvalue weighted by Gasteiger charge is 2.09. The van der Waals surface area contributed by atoms with Gasteiger partial charge in [-0.25, -0.2) is 9.18 Å². The summed E-state index contributed by atoms with van der Waals surface area (Å²) in [6.07, 6.45) is 3.01. The van der Waals surface area contributed by atoms with Gasteiger partial charge in [-0.3, -0.25) is 0 Å². The molecule has 1 heterocycles. The number of nitrogens with zero attached hydrogens (tertiary/aromatic N) is 2. The van der Waals surface area contributed by atoms with E-state index in [1.807, 2.05) is 0 Å². The lowest BCUT2D eigenvalue weighted by molar-refractivity contribution is 0.247. The molecule has 4 nitrogen and oxygen atoms in total. The van der Waals surface area contributed by atoms with Gasteiger partial charge in [-0.15, -0.1) is 0 Å². The van der Waals surface area contributed by atoms with Crippen LogP contribution in [0.5, 0.6) is 0 Å². The zero-order valence-corrected chi connectivity index (χ0v) is 9.36. The molecule has 0 spiro atoms.